The average Bonchev–Trinajstić information content (AvgIpc) is 2.45. The predicted molar refractivity (Wildman–Crippen MR) is 138 cm³/mol. The first-order valence-corrected chi connectivity index (χ1v) is 25.8. The first-order chi connectivity index (χ1) is 13.7. The summed E-state index contributed by atoms with van der Waals surface area (Å²) in [7, 11) is -9.76. The lowest BCUT2D eigenvalue weighted by molar-refractivity contribution is -0.110. The molecule has 0 saturated heterocycles. The zero-order chi connectivity index (χ0) is 24.7. The molecule has 0 spiro atoms. The number of aldehydes is 1. The highest BCUT2D eigenvalue weighted by atomic mass is 31.2. The molecule has 186 valence electrons. The van der Waals surface area contributed by atoms with Crippen LogP contribution in [0.2, 0.25) is 78.6 Å². The molecule has 0 fully saturated rings. The quantitative estimate of drug-likeness (QED) is 0.107. The molecule has 0 aromatic carbocycles. The number of carbonyl (C=O) groups excluding carboxylic acids is 1. The van der Waals surface area contributed by atoms with E-state index in [4.69, 9.17) is 26.6 Å². The van der Waals surface area contributed by atoms with Gasteiger partial charge in [-0.3, -0.25) is 9.36 Å². The highest BCUT2D eigenvalue weighted by Gasteiger charge is 2.39. The van der Waals surface area contributed by atoms with Crippen LogP contribution in [-0.2, 0) is 31.4 Å². The Bertz CT molecular complexity index is 590. The van der Waals surface area contributed by atoms with E-state index in [0.29, 0.717) is 0 Å². The summed E-state index contributed by atoms with van der Waals surface area (Å²) in [6, 6.07) is 0. The standard InChI is InChI=1S/C18H46NO7PSi4/c1-21-19-27(25-30(8,9)10,26-31(11,12)13)22-16-18(24-29(5,6)7)17(14-15-20)23-28(2,3)4/h15,17-18H,14,16H2,1-13H3. The van der Waals surface area contributed by atoms with Crippen LogP contribution < -0.4 is 0 Å². The van der Waals surface area contributed by atoms with Gasteiger partial charge in [0.05, 0.1) is 25.9 Å². The van der Waals surface area contributed by atoms with Crippen molar-refractivity contribution in [3.05, 3.63) is 0 Å². The Morgan fingerprint density at radius 2 is 1.16 bits per heavy atom. The molecule has 0 aliphatic carbocycles. The van der Waals surface area contributed by atoms with E-state index in [2.05, 4.69) is 83.5 Å². The summed E-state index contributed by atoms with van der Waals surface area (Å²) >= 11 is 0. The van der Waals surface area contributed by atoms with E-state index in [1.807, 2.05) is 0 Å². The fraction of sp³-hybridized carbons (Fsp3) is 0.944. The highest BCUT2D eigenvalue weighted by molar-refractivity contribution is 7.54. The second-order valence-corrected chi connectivity index (χ2v) is 31.6. The number of carbonyl (C=O) groups is 1. The van der Waals surface area contributed by atoms with Crippen molar-refractivity contribution in [3.8, 4) is 0 Å². The monoisotopic (exact) mass is 531 g/mol. The minimum atomic E-state index is -3.14. The molecule has 0 amide bonds. The number of rotatable bonds is 15. The Hall–Kier alpha value is 0.528. The zero-order valence-electron chi connectivity index (χ0n) is 21.9. The van der Waals surface area contributed by atoms with Crippen molar-refractivity contribution in [1.29, 1.82) is 0 Å². The van der Waals surface area contributed by atoms with Gasteiger partial charge in [-0.15, -0.1) is 0 Å². The summed E-state index contributed by atoms with van der Waals surface area (Å²) in [5.74, 6) is 0. The van der Waals surface area contributed by atoms with Crippen LogP contribution in [-0.4, -0.2) is 65.5 Å². The third-order valence-electron chi connectivity index (χ3n) is 3.12. The largest absolute Gasteiger partial charge is 0.412 e. The van der Waals surface area contributed by atoms with Crippen molar-refractivity contribution in [2.75, 3.05) is 13.7 Å². The lowest BCUT2D eigenvalue weighted by Gasteiger charge is -2.38. The SMILES string of the molecule is CON=P(OCC(O[Si](C)(C)C)C(CC=O)O[Si](C)(C)C)(O[Si](C)(C)C)O[Si](C)(C)C. The molecule has 0 aromatic rings. The summed E-state index contributed by atoms with van der Waals surface area (Å²) in [6.07, 6.45) is 0.272. The van der Waals surface area contributed by atoms with Crippen LogP contribution in [0, 0.1) is 0 Å². The van der Waals surface area contributed by atoms with Crippen LogP contribution in [0.3, 0.4) is 0 Å². The van der Waals surface area contributed by atoms with E-state index in [9.17, 15) is 4.79 Å². The number of hydrogen-bond donors (Lipinski definition) is 0. The molecule has 0 saturated carbocycles. The van der Waals surface area contributed by atoms with Gasteiger partial charge in [0.1, 0.15) is 6.29 Å². The third-order valence-corrected chi connectivity index (χ3v) is 12.2. The van der Waals surface area contributed by atoms with Crippen LogP contribution in [0.25, 0.3) is 0 Å². The van der Waals surface area contributed by atoms with Gasteiger partial charge in [-0.2, -0.15) is 0 Å². The Labute approximate surface area is 194 Å². The maximum atomic E-state index is 11.4. The van der Waals surface area contributed by atoms with Crippen LogP contribution in [0.15, 0.2) is 4.91 Å². The van der Waals surface area contributed by atoms with Gasteiger partial charge in [0.15, 0.2) is 33.3 Å². The average molecular weight is 532 g/mol. The van der Waals surface area contributed by atoms with Gasteiger partial charge in [0.2, 0.25) is 0 Å². The second kappa shape index (κ2) is 12.3. The van der Waals surface area contributed by atoms with Crippen LogP contribution in [0.4, 0.5) is 0 Å². The van der Waals surface area contributed by atoms with Crippen molar-refractivity contribution in [2.24, 2.45) is 4.91 Å². The molecule has 0 N–H and O–H groups in total. The second-order valence-electron chi connectivity index (χ2n) is 11.4. The lowest BCUT2D eigenvalue weighted by Crippen LogP contribution is -2.47. The molecular formula is C18H46NO7PSi4. The third kappa shape index (κ3) is 15.9. The molecule has 0 heterocycles. The van der Waals surface area contributed by atoms with Gasteiger partial charge in [-0.05, 0) is 78.6 Å². The molecule has 0 radical (unpaired) electrons. The van der Waals surface area contributed by atoms with Crippen molar-refractivity contribution < 1.29 is 31.4 Å². The molecule has 2 atom stereocenters. The van der Waals surface area contributed by atoms with E-state index in [1.54, 1.807) is 0 Å². The van der Waals surface area contributed by atoms with Crippen molar-refractivity contribution in [3.63, 3.8) is 0 Å². The summed E-state index contributed by atoms with van der Waals surface area (Å²) in [5, 5.41) is 0. The molecule has 0 aromatic heterocycles. The van der Waals surface area contributed by atoms with E-state index >= 15 is 0 Å². The summed E-state index contributed by atoms with van der Waals surface area (Å²) in [4.78, 5) is 20.8. The Morgan fingerprint density at radius 1 is 0.742 bits per heavy atom. The van der Waals surface area contributed by atoms with E-state index in [-0.39, 0.29) is 13.0 Å². The molecule has 2 unspecified atom stereocenters. The number of hydrogen-bond acceptors (Lipinski definition) is 8. The fourth-order valence-electron chi connectivity index (χ4n) is 2.58. The van der Waals surface area contributed by atoms with Crippen molar-refractivity contribution in [2.45, 2.75) is 97.2 Å². The molecule has 0 bridgehead atoms. The van der Waals surface area contributed by atoms with Gasteiger partial charge in [-0.25, -0.2) is 0 Å². The van der Waals surface area contributed by atoms with Gasteiger partial charge in [0.25, 0.3) is 0 Å². The first-order valence-electron chi connectivity index (χ1n) is 10.7. The van der Waals surface area contributed by atoms with E-state index in [0.717, 1.165) is 6.29 Å². The van der Waals surface area contributed by atoms with Gasteiger partial charge >= 0.3 is 7.74 Å². The summed E-state index contributed by atoms with van der Waals surface area (Å²) in [6.45, 7) is 25.1. The molecule has 8 nitrogen and oxygen atoms in total. The maximum absolute atomic E-state index is 11.4. The van der Waals surface area contributed by atoms with Crippen LogP contribution >= 0.6 is 7.74 Å². The normalized spacial score (nSPS) is 16.2. The molecular weight excluding hydrogens is 486 g/mol. The predicted octanol–water partition coefficient (Wildman–Crippen LogP) is 6.24. The van der Waals surface area contributed by atoms with Gasteiger partial charge in [-0.1, -0.05) is 4.91 Å². The Morgan fingerprint density at radius 3 is 1.48 bits per heavy atom. The van der Waals surface area contributed by atoms with Gasteiger partial charge < -0.3 is 22.1 Å². The number of nitrogens with zero attached hydrogens (tertiary/aromatic N) is 1. The van der Waals surface area contributed by atoms with Crippen LogP contribution in [0.5, 0.6) is 0 Å². The molecule has 13 heteroatoms. The minimum absolute atomic E-state index is 0.142. The van der Waals surface area contributed by atoms with Crippen LogP contribution in [0.1, 0.15) is 6.42 Å². The molecule has 0 aliphatic rings. The summed E-state index contributed by atoms with van der Waals surface area (Å²) in [5.41, 5.74) is 0. The molecule has 31 heavy (non-hydrogen) atoms. The maximum Gasteiger partial charge on any atom is 0.362 e. The van der Waals surface area contributed by atoms with Crippen molar-refractivity contribution >= 4 is 47.3 Å². The van der Waals surface area contributed by atoms with E-state index < -0.39 is 53.2 Å². The zero-order valence-corrected chi connectivity index (χ0v) is 26.8. The van der Waals surface area contributed by atoms with Crippen molar-refractivity contribution in [1.82, 2.24) is 0 Å². The van der Waals surface area contributed by atoms with Gasteiger partial charge in [0, 0.05) is 6.42 Å². The topological polar surface area (TPSA) is 84.8 Å². The Balaban J connectivity index is 6.08. The lowest BCUT2D eigenvalue weighted by atomic mass is 10.2. The van der Waals surface area contributed by atoms with E-state index in [1.165, 1.54) is 7.11 Å². The minimum Gasteiger partial charge on any atom is -0.412 e. The molecule has 0 aliphatic heterocycles. The summed E-state index contributed by atoms with van der Waals surface area (Å²) < 4.78 is 31.8. The Kier molecular flexibility index (Phi) is 12.5. The fourth-order valence-corrected chi connectivity index (χ4v) is 12.2. The smallest absolute Gasteiger partial charge is 0.362 e. The highest BCUT2D eigenvalue weighted by Crippen LogP contribution is 2.57. The first kappa shape index (κ1) is 31.5. The molecule has 0 rings (SSSR count).